The molecule has 0 aliphatic carbocycles. The summed E-state index contributed by atoms with van der Waals surface area (Å²) in [5.41, 5.74) is -0.570. The Bertz CT molecular complexity index is 433. The average molecular weight is 338 g/mol. The Morgan fingerprint density at radius 2 is 2.00 bits per heavy atom. The molecule has 0 spiro atoms. The van der Waals surface area contributed by atoms with Crippen LogP contribution in [0.5, 0.6) is 0 Å². The number of alkyl halides is 3. The van der Waals surface area contributed by atoms with Crippen molar-refractivity contribution in [2.75, 3.05) is 33.2 Å². The Balaban J connectivity index is 2.36. The highest BCUT2D eigenvalue weighted by Gasteiger charge is 2.34. The van der Waals surface area contributed by atoms with Crippen LogP contribution in [0.15, 0.2) is 4.99 Å². The zero-order chi connectivity index (χ0) is 17.7. The lowest BCUT2D eigenvalue weighted by molar-refractivity contribution is -0.153. The zero-order valence-corrected chi connectivity index (χ0v) is 14.0. The Labute approximate surface area is 134 Å². The van der Waals surface area contributed by atoms with Gasteiger partial charge in [0.25, 0.3) is 0 Å². The third-order valence-corrected chi connectivity index (χ3v) is 3.06. The minimum Gasteiger partial charge on any atom is -0.459 e. The van der Waals surface area contributed by atoms with Gasteiger partial charge in [0, 0.05) is 26.2 Å². The molecule has 1 aliphatic heterocycles. The fourth-order valence-corrected chi connectivity index (χ4v) is 2.27. The molecule has 23 heavy (non-hydrogen) atoms. The number of rotatable bonds is 4. The SMILES string of the molecule is CN=C(NCC(=O)OC(C)(C)C)NC1CCN(CC(F)(F)F)C1. The first-order chi connectivity index (χ1) is 10.5. The molecule has 1 aliphatic rings. The number of carbonyl (C=O) groups is 1. The maximum atomic E-state index is 12.4. The van der Waals surface area contributed by atoms with Crippen LogP contribution in [0.2, 0.25) is 0 Å². The number of aliphatic imine (C=N–C) groups is 1. The Morgan fingerprint density at radius 1 is 1.35 bits per heavy atom. The van der Waals surface area contributed by atoms with E-state index in [4.69, 9.17) is 4.74 Å². The van der Waals surface area contributed by atoms with E-state index in [1.165, 1.54) is 11.9 Å². The molecule has 1 fully saturated rings. The van der Waals surface area contributed by atoms with E-state index in [1.54, 1.807) is 20.8 Å². The molecule has 0 saturated carbocycles. The fourth-order valence-electron chi connectivity index (χ4n) is 2.27. The molecule has 0 aromatic carbocycles. The summed E-state index contributed by atoms with van der Waals surface area (Å²) in [7, 11) is 1.53. The Morgan fingerprint density at radius 3 is 2.52 bits per heavy atom. The Kier molecular flexibility index (Phi) is 6.67. The van der Waals surface area contributed by atoms with Gasteiger partial charge in [0.05, 0.1) is 6.54 Å². The van der Waals surface area contributed by atoms with Crippen molar-refractivity contribution in [3.8, 4) is 0 Å². The summed E-state index contributed by atoms with van der Waals surface area (Å²) in [5, 5.41) is 5.83. The van der Waals surface area contributed by atoms with Crippen LogP contribution in [-0.2, 0) is 9.53 Å². The minimum absolute atomic E-state index is 0.0596. The molecule has 0 radical (unpaired) electrons. The van der Waals surface area contributed by atoms with Gasteiger partial charge in [-0.3, -0.25) is 14.7 Å². The van der Waals surface area contributed by atoms with Crippen molar-refractivity contribution in [1.82, 2.24) is 15.5 Å². The summed E-state index contributed by atoms with van der Waals surface area (Å²) in [6, 6.07) is -0.137. The number of guanidine groups is 1. The van der Waals surface area contributed by atoms with Crippen LogP contribution in [0.4, 0.5) is 13.2 Å². The largest absolute Gasteiger partial charge is 0.459 e. The second kappa shape index (κ2) is 7.85. The monoisotopic (exact) mass is 338 g/mol. The van der Waals surface area contributed by atoms with E-state index in [0.29, 0.717) is 18.9 Å². The number of hydrogen-bond donors (Lipinski definition) is 2. The molecule has 0 bridgehead atoms. The first kappa shape index (κ1) is 19.5. The van der Waals surface area contributed by atoms with Crippen LogP contribution in [-0.4, -0.2) is 67.9 Å². The van der Waals surface area contributed by atoms with Crippen LogP contribution in [0.25, 0.3) is 0 Å². The van der Waals surface area contributed by atoms with Crippen molar-refractivity contribution in [3.05, 3.63) is 0 Å². The number of ether oxygens (including phenoxy) is 1. The lowest BCUT2D eigenvalue weighted by Crippen LogP contribution is -2.47. The molecule has 1 rings (SSSR count). The van der Waals surface area contributed by atoms with Gasteiger partial charge in [-0.05, 0) is 27.2 Å². The second-order valence-electron chi connectivity index (χ2n) is 6.49. The summed E-state index contributed by atoms with van der Waals surface area (Å²) in [4.78, 5) is 16.9. The minimum atomic E-state index is -4.19. The average Bonchev–Trinajstić information content (AvgIpc) is 2.77. The number of hydrogen-bond acceptors (Lipinski definition) is 4. The fraction of sp³-hybridized carbons (Fsp3) is 0.857. The van der Waals surface area contributed by atoms with Gasteiger partial charge in [-0.2, -0.15) is 13.2 Å². The lowest BCUT2D eigenvalue weighted by Gasteiger charge is -2.21. The molecule has 9 heteroatoms. The molecular weight excluding hydrogens is 313 g/mol. The number of halogens is 3. The third kappa shape index (κ3) is 8.63. The van der Waals surface area contributed by atoms with Crippen molar-refractivity contribution in [2.45, 2.75) is 45.0 Å². The summed E-state index contributed by atoms with van der Waals surface area (Å²) < 4.78 is 42.2. The van der Waals surface area contributed by atoms with E-state index in [2.05, 4.69) is 15.6 Å². The molecule has 1 saturated heterocycles. The highest BCUT2D eigenvalue weighted by atomic mass is 19.4. The quantitative estimate of drug-likeness (QED) is 0.457. The standard InChI is InChI=1S/C14H25F3N4O2/c1-13(2,3)23-11(22)7-19-12(18-4)20-10-5-6-21(8-10)9-14(15,16)17/h10H,5-9H2,1-4H3,(H2,18,19,20). The van der Waals surface area contributed by atoms with E-state index in [1.807, 2.05) is 0 Å². The van der Waals surface area contributed by atoms with E-state index in [0.717, 1.165) is 0 Å². The maximum Gasteiger partial charge on any atom is 0.401 e. The van der Waals surface area contributed by atoms with Crippen molar-refractivity contribution in [2.24, 2.45) is 4.99 Å². The smallest absolute Gasteiger partial charge is 0.401 e. The van der Waals surface area contributed by atoms with Crippen LogP contribution in [0, 0.1) is 0 Å². The maximum absolute atomic E-state index is 12.4. The summed E-state index contributed by atoms with van der Waals surface area (Å²) >= 11 is 0. The summed E-state index contributed by atoms with van der Waals surface area (Å²) in [6.45, 7) is 5.00. The first-order valence-electron chi connectivity index (χ1n) is 7.46. The van der Waals surface area contributed by atoms with Crippen molar-refractivity contribution in [1.29, 1.82) is 0 Å². The van der Waals surface area contributed by atoms with Crippen LogP contribution >= 0.6 is 0 Å². The third-order valence-electron chi connectivity index (χ3n) is 3.06. The molecule has 6 nitrogen and oxygen atoms in total. The first-order valence-corrected chi connectivity index (χ1v) is 7.46. The molecule has 1 unspecified atom stereocenters. The van der Waals surface area contributed by atoms with Crippen LogP contribution < -0.4 is 10.6 Å². The van der Waals surface area contributed by atoms with E-state index in [9.17, 15) is 18.0 Å². The predicted octanol–water partition coefficient (Wildman–Crippen LogP) is 1.13. The highest BCUT2D eigenvalue weighted by molar-refractivity contribution is 5.84. The topological polar surface area (TPSA) is 66.0 Å². The van der Waals surface area contributed by atoms with Crippen molar-refractivity contribution >= 4 is 11.9 Å². The summed E-state index contributed by atoms with van der Waals surface area (Å²) in [5.74, 6) is -0.0553. The lowest BCUT2D eigenvalue weighted by atomic mass is 10.2. The van der Waals surface area contributed by atoms with E-state index < -0.39 is 24.3 Å². The normalized spacial score (nSPS) is 20.5. The molecule has 1 heterocycles. The summed E-state index contributed by atoms with van der Waals surface area (Å²) in [6.07, 6.45) is -3.60. The molecule has 0 aromatic heterocycles. The van der Waals surface area contributed by atoms with Crippen LogP contribution in [0.1, 0.15) is 27.2 Å². The molecular formula is C14H25F3N4O2. The van der Waals surface area contributed by atoms with Gasteiger partial charge in [0.15, 0.2) is 5.96 Å². The molecule has 0 aromatic rings. The van der Waals surface area contributed by atoms with Gasteiger partial charge in [0.2, 0.25) is 0 Å². The van der Waals surface area contributed by atoms with Gasteiger partial charge in [-0.25, -0.2) is 0 Å². The van der Waals surface area contributed by atoms with Crippen molar-refractivity contribution < 1.29 is 22.7 Å². The number of nitrogens with zero attached hydrogens (tertiary/aromatic N) is 2. The Hall–Kier alpha value is -1.51. The van der Waals surface area contributed by atoms with Gasteiger partial charge < -0.3 is 15.4 Å². The van der Waals surface area contributed by atoms with Gasteiger partial charge in [-0.1, -0.05) is 0 Å². The number of carbonyl (C=O) groups excluding carboxylic acids is 1. The highest BCUT2D eigenvalue weighted by Crippen LogP contribution is 2.19. The molecule has 0 amide bonds. The van der Waals surface area contributed by atoms with E-state index in [-0.39, 0.29) is 19.1 Å². The zero-order valence-electron chi connectivity index (χ0n) is 14.0. The number of likely N-dealkylation sites (tertiary alicyclic amines) is 1. The van der Waals surface area contributed by atoms with Gasteiger partial charge in [0.1, 0.15) is 12.1 Å². The second-order valence-corrected chi connectivity index (χ2v) is 6.49. The number of nitrogens with one attached hydrogen (secondary N) is 2. The molecule has 1 atom stereocenters. The van der Waals surface area contributed by atoms with Crippen molar-refractivity contribution in [3.63, 3.8) is 0 Å². The van der Waals surface area contributed by atoms with Gasteiger partial charge >= 0.3 is 12.1 Å². The van der Waals surface area contributed by atoms with Gasteiger partial charge in [-0.15, -0.1) is 0 Å². The van der Waals surface area contributed by atoms with E-state index >= 15 is 0 Å². The predicted molar refractivity (Wildman–Crippen MR) is 81.2 cm³/mol. The molecule has 134 valence electrons. The molecule has 2 N–H and O–H groups in total. The number of esters is 1. The van der Waals surface area contributed by atoms with Crippen LogP contribution in [0.3, 0.4) is 0 Å².